The summed E-state index contributed by atoms with van der Waals surface area (Å²) in [5, 5.41) is 0. The third kappa shape index (κ3) is 3.67. The van der Waals surface area contributed by atoms with Crippen molar-refractivity contribution in [3.05, 3.63) is 60.2 Å². The predicted molar refractivity (Wildman–Crippen MR) is 105 cm³/mol. The van der Waals surface area contributed by atoms with Crippen LogP contribution in [0, 0.1) is 0 Å². The monoisotopic (exact) mass is 403 g/mol. The molecule has 2 saturated heterocycles. The minimum atomic E-state index is -3.64. The predicted octanol–water partition coefficient (Wildman–Crippen LogP) is 2.83. The van der Waals surface area contributed by atoms with Crippen LogP contribution < -0.4 is 4.74 Å². The van der Waals surface area contributed by atoms with Crippen LogP contribution in [0.2, 0.25) is 0 Å². The Bertz CT molecular complexity index is 894. The van der Waals surface area contributed by atoms with Gasteiger partial charge in [0.15, 0.2) is 0 Å². The molecule has 28 heavy (non-hydrogen) atoms. The molecule has 0 aliphatic carbocycles. The molecule has 0 unspecified atom stereocenters. The molecule has 0 amide bonds. The summed E-state index contributed by atoms with van der Waals surface area (Å²) in [7, 11) is -3.64. The summed E-state index contributed by atoms with van der Waals surface area (Å²) in [6.07, 6.45) is 0.498. The van der Waals surface area contributed by atoms with Gasteiger partial charge in [-0.2, -0.15) is 4.31 Å². The molecule has 2 aromatic rings. The van der Waals surface area contributed by atoms with E-state index in [2.05, 4.69) is 0 Å². The summed E-state index contributed by atoms with van der Waals surface area (Å²) in [6.45, 7) is 4.07. The van der Waals surface area contributed by atoms with Crippen LogP contribution in [0.4, 0.5) is 0 Å². The fraction of sp³-hybridized carbons (Fsp3) is 0.429. The molecule has 2 aliphatic rings. The Hall–Kier alpha value is -1.93. The van der Waals surface area contributed by atoms with Crippen molar-refractivity contribution < 1.29 is 22.6 Å². The first kappa shape index (κ1) is 19.4. The van der Waals surface area contributed by atoms with Crippen LogP contribution in [0.5, 0.6) is 5.75 Å². The van der Waals surface area contributed by atoms with Gasteiger partial charge in [-0.05, 0) is 43.2 Å². The van der Waals surface area contributed by atoms with E-state index in [-0.39, 0.29) is 11.0 Å². The van der Waals surface area contributed by atoms with E-state index in [1.54, 1.807) is 28.6 Å². The zero-order valence-corrected chi connectivity index (χ0v) is 16.7. The van der Waals surface area contributed by atoms with Gasteiger partial charge in [-0.15, -0.1) is 0 Å². The average Bonchev–Trinajstić information content (AvgIpc) is 3.09. The van der Waals surface area contributed by atoms with Crippen molar-refractivity contribution in [2.75, 3.05) is 26.4 Å². The molecular formula is C21H25NO5S. The highest BCUT2D eigenvalue weighted by Crippen LogP contribution is 2.41. The second kappa shape index (κ2) is 7.83. The molecule has 1 spiro atoms. The van der Waals surface area contributed by atoms with E-state index >= 15 is 0 Å². The van der Waals surface area contributed by atoms with Gasteiger partial charge in [-0.1, -0.05) is 30.3 Å². The van der Waals surface area contributed by atoms with Gasteiger partial charge in [0, 0.05) is 6.54 Å². The van der Waals surface area contributed by atoms with Gasteiger partial charge in [-0.25, -0.2) is 8.42 Å². The Morgan fingerprint density at radius 3 is 2.43 bits per heavy atom. The van der Waals surface area contributed by atoms with Gasteiger partial charge < -0.3 is 14.2 Å². The van der Waals surface area contributed by atoms with Crippen molar-refractivity contribution in [2.45, 2.75) is 36.5 Å². The molecule has 0 bridgehead atoms. The molecule has 2 heterocycles. The lowest BCUT2D eigenvalue weighted by molar-refractivity contribution is -0.0993. The van der Waals surface area contributed by atoms with Crippen LogP contribution in [0.1, 0.15) is 18.9 Å². The van der Waals surface area contributed by atoms with E-state index in [1.165, 1.54) is 0 Å². The first-order chi connectivity index (χ1) is 13.5. The Morgan fingerprint density at radius 2 is 1.82 bits per heavy atom. The van der Waals surface area contributed by atoms with Crippen LogP contribution in [-0.4, -0.2) is 50.7 Å². The Morgan fingerprint density at radius 1 is 1.11 bits per heavy atom. The summed E-state index contributed by atoms with van der Waals surface area (Å²) in [6, 6.07) is 16.5. The van der Waals surface area contributed by atoms with Crippen molar-refractivity contribution >= 4 is 10.0 Å². The third-order valence-electron chi connectivity index (χ3n) is 5.30. The lowest BCUT2D eigenvalue weighted by atomic mass is 9.95. The van der Waals surface area contributed by atoms with Gasteiger partial charge in [0.25, 0.3) is 0 Å². The molecule has 2 aliphatic heterocycles. The maximum atomic E-state index is 13.3. The minimum absolute atomic E-state index is 0.151. The minimum Gasteiger partial charge on any atom is -0.494 e. The number of ether oxygens (including phenoxy) is 3. The van der Waals surface area contributed by atoms with Gasteiger partial charge in [-0.3, -0.25) is 0 Å². The van der Waals surface area contributed by atoms with Crippen molar-refractivity contribution in [1.82, 2.24) is 4.31 Å². The fourth-order valence-electron chi connectivity index (χ4n) is 3.82. The SMILES string of the molecule is CCOc1ccc(S(=O)(=O)N2C[C@@H](OCc3ccccc3)CC23COC3)cc1. The second-order valence-corrected chi connectivity index (χ2v) is 9.14. The van der Waals surface area contributed by atoms with E-state index in [9.17, 15) is 8.42 Å². The topological polar surface area (TPSA) is 65.1 Å². The van der Waals surface area contributed by atoms with E-state index in [1.807, 2.05) is 37.3 Å². The highest BCUT2D eigenvalue weighted by molar-refractivity contribution is 7.89. The Kier molecular flexibility index (Phi) is 5.42. The standard InChI is InChI=1S/C21H25NO5S/c1-2-26-18-8-10-20(11-9-18)28(23,24)22-13-19(12-21(22)15-25-16-21)27-14-17-6-4-3-5-7-17/h3-11,19H,2,12-16H2,1H3/t19-/m0/s1. The first-order valence-electron chi connectivity index (χ1n) is 9.52. The van der Waals surface area contributed by atoms with Crippen LogP contribution in [-0.2, 0) is 26.1 Å². The van der Waals surface area contributed by atoms with Gasteiger partial charge in [0.05, 0.1) is 43.0 Å². The lowest BCUT2D eigenvalue weighted by Gasteiger charge is -2.43. The normalized spacial score (nSPS) is 21.5. The fourth-order valence-corrected chi connectivity index (χ4v) is 5.61. The molecule has 0 N–H and O–H groups in total. The molecular weight excluding hydrogens is 378 g/mol. The molecule has 4 rings (SSSR count). The van der Waals surface area contributed by atoms with Gasteiger partial charge in [0.2, 0.25) is 10.0 Å². The maximum Gasteiger partial charge on any atom is 0.243 e. The second-order valence-electron chi connectivity index (χ2n) is 7.28. The van der Waals surface area contributed by atoms with Crippen LogP contribution in [0.3, 0.4) is 0 Å². The van der Waals surface area contributed by atoms with Crippen molar-refractivity contribution in [3.8, 4) is 5.75 Å². The summed E-state index contributed by atoms with van der Waals surface area (Å²) < 4.78 is 45.1. The number of nitrogens with zero attached hydrogens (tertiary/aromatic N) is 1. The summed E-state index contributed by atoms with van der Waals surface area (Å²) >= 11 is 0. The molecule has 6 nitrogen and oxygen atoms in total. The average molecular weight is 404 g/mol. The smallest absolute Gasteiger partial charge is 0.243 e. The molecule has 0 saturated carbocycles. The third-order valence-corrected chi connectivity index (χ3v) is 7.28. The number of rotatable bonds is 7. The summed E-state index contributed by atoms with van der Waals surface area (Å²) in [4.78, 5) is 0.269. The Labute approximate surface area is 166 Å². The molecule has 7 heteroatoms. The molecule has 2 fully saturated rings. The van der Waals surface area contributed by atoms with Crippen molar-refractivity contribution in [2.24, 2.45) is 0 Å². The van der Waals surface area contributed by atoms with Crippen LogP contribution in [0.15, 0.2) is 59.5 Å². The van der Waals surface area contributed by atoms with E-state index in [0.29, 0.717) is 45.1 Å². The molecule has 0 aromatic heterocycles. The number of sulfonamides is 1. The summed E-state index contributed by atoms with van der Waals surface area (Å²) in [5.41, 5.74) is 0.577. The molecule has 2 aromatic carbocycles. The molecule has 0 radical (unpaired) electrons. The van der Waals surface area contributed by atoms with Crippen LogP contribution in [0.25, 0.3) is 0 Å². The first-order valence-corrected chi connectivity index (χ1v) is 11.0. The number of hydrogen-bond donors (Lipinski definition) is 0. The summed E-state index contributed by atoms with van der Waals surface area (Å²) in [5.74, 6) is 0.661. The molecule has 150 valence electrons. The van der Waals surface area contributed by atoms with E-state index in [0.717, 1.165) is 5.56 Å². The molecule has 1 atom stereocenters. The zero-order chi connectivity index (χ0) is 19.6. The van der Waals surface area contributed by atoms with Crippen LogP contribution >= 0.6 is 0 Å². The van der Waals surface area contributed by atoms with E-state index in [4.69, 9.17) is 14.2 Å². The van der Waals surface area contributed by atoms with E-state index < -0.39 is 15.6 Å². The van der Waals surface area contributed by atoms with Crippen molar-refractivity contribution in [3.63, 3.8) is 0 Å². The maximum absolute atomic E-state index is 13.3. The Balaban J connectivity index is 1.50. The quantitative estimate of drug-likeness (QED) is 0.711. The lowest BCUT2D eigenvalue weighted by Crippen LogP contribution is -2.60. The number of hydrogen-bond acceptors (Lipinski definition) is 5. The number of benzene rings is 2. The highest BCUT2D eigenvalue weighted by Gasteiger charge is 2.56. The van der Waals surface area contributed by atoms with Gasteiger partial charge >= 0.3 is 0 Å². The van der Waals surface area contributed by atoms with Gasteiger partial charge in [0.1, 0.15) is 5.75 Å². The zero-order valence-electron chi connectivity index (χ0n) is 15.9. The largest absolute Gasteiger partial charge is 0.494 e. The highest BCUT2D eigenvalue weighted by atomic mass is 32.2. The van der Waals surface area contributed by atoms with Crippen molar-refractivity contribution in [1.29, 1.82) is 0 Å².